The number of amides is 1. The summed E-state index contributed by atoms with van der Waals surface area (Å²) in [5.41, 5.74) is 5.80. The minimum Gasteiger partial charge on any atom is -0.334 e. The van der Waals surface area contributed by atoms with Crippen LogP contribution in [0.5, 0.6) is 0 Å². The van der Waals surface area contributed by atoms with Gasteiger partial charge in [-0.1, -0.05) is 48.5 Å². The predicted octanol–water partition coefficient (Wildman–Crippen LogP) is 3.87. The predicted molar refractivity (Wildman–Crippen MR) is 117 cm³/mol. The molecule has 2 aromatic heterocycles. The molecule has 0 saturated carbocycles. The molecule has 0 saturated heterocycles. The molecule has 5 rings (SSSR count). The van der Waals surface area contributed by atoms with E-state index in [2.05, 4.69) is 0 Å². The summed E-state index contributed by atoms with van der Waals surface area (Å²) in [6.45, 7) is 2.80. The third-order valence-electron chi connectivity index (χ3n) is 5.72. The highest BCUT2D eigenvalue weighted by Crippen LogP contribution is 2.22. The molecule has 1 aliphatic rings. The van der Waals surface area contributed by atoms with E-state index >= 15 is 0 Å². The van der Waals surface area contributed by atoms with Crippen molar-refractivity contribution >= 4 is 11.6 Å². The van der Waals surface area contributed by atoms with Crippen molar-refractivity contribution in [3.63, 3.8) is 0 Å². The molecule has 0 unspecified atom stereocenters. The van der Waals surface area contributed by atoms with E-state index in [0.29, 0.717) is 29.7 Å². The molecule has 0 bridgehead atoms. The maximum Gasteiger partial charge on any atom is 0.263 e. The molecule has 30 heavy (non-hydrogen) atoms. The molecule has 2 aromatic carbocycles. The van der Waals surface area contributed by atoms with E-state index in [1.165, 1.54) is 0 Å². The molecular formula is C25H21N3O2. The van der Waals surface area contributed by atoms with Gasteiger partial charge in [0, 0.05) is 24.7 Å². The number of benzene rings is 2. The van der Waals surface area contributed by atoms with Crippen molar-refractivity contribution in [1.29, 1.82) is 0 Å². The molecule has 1 aliphatic heterocycles. The van der Waals surface area contributed by atoms with Gasteiger partial charge in [-0.15, -0.1) is 0 Å². The first kappa shape index (κ1) is 18.3. The van der Waals surface area contributed by atoms with Crippen LogP contribution in [0.1, 0.15) is 27.2 Å². The van der Waals surface area contributed by atoms with Crippen LogP contribution in [0.4, 0.5) is 0 Å². The average molecular weight is 395 g/mol. The Morgan fingerprint density at radius 2 is 1.67 bits per heavy atom. The number of pyridine rings is 1. The van der Waals surface area contributed by atoms with Gasteiger partial charge in [0.15, 0.2) is 0 Å². The molecule has 0 atom stereocenters. The van der Waals surface area contributed by atoms with Crippen molar-refractivity contribution in [3.05, 3.63) is 106 Å². The molecule has 3 heterocycles. The average Bonchev–Trinajstić information content (AvgIpc) is 2.80. The van der Waals surface area contributed by atoms with Crippen LogP contribution in [-0.4, -0.2) is 26.7 Å². The quantitative estimate of drug-likeness (QED) is 0.518. The monoisotopic (exact) mass is 395 g/mol. The lowest BCUT2D eigenvalue weighted by atomic mass is 10.0. The smallest absolute Gasteiger partial charge is 0.263 e. The summed E-state index contributed by atoms with van der Waals surface area (Å²) in [5, 5.41) is 0. The van der Waals surface area contributed by atoms with Crippen molar-refractivity contribution in [2.45, 2.75) is 19.9 Å². The molecule has 5 heteroatoms. The Morgan fingerprint density at radius 3 is 2.43 bits per heavy atom. The Labute approximate surface area is 174 Å². The number of fused-ring (bicyclic) bond motifs is 2. The van der Waals surface area contributed by atoms with Crippen molar-refractivity contribution in [2.24, 2.45) is 0 Å². The Bertz CT molecular complexity index is 1310. The molecular weight excluding hydrogens is 374 g/mol. The van der Waals surface area contributed by atoms with Gasteiger partial charge in [0.05, 0.1) is 17.8 Å². The van der Waals surface area contributed by atoms with E-state index in [-0.39, 0.29) is 18.0 Å². The first-order valence-corrected chi connectivity index (χ1v) is 10.1. The van der Waals surface area contributed by atoms with Gasteiger partial charge in [0.2, 0.25) is 0 Å². The van der Waals surface area contributed by atoms with Crippen LogP contribution in [0.15, 0.2) is 77.7 Å². The van der Waals surface area contributed by atoms with Crippen LogP contribution in [0.2, 0.25) is 0 Å². The van der Waals surface area contributed by atoms with E-state index in [0.717, 1.165) is 22.4 Å². The molecule has 0 aliphatic carbocycles. The fourth-order valence-electron chi connectivity index (χ4n) is 4.05. The second-order valence-electron chi connectivity index (χ2n) is 7.65. The molecule has 0 N–H and O–H groups in total. The summed E-state index contributed by atoms with van der Waals surface area (Å²) >= 11 is 0. The maximum absolute atomic E-state index is 13.1. The van der Waals surface area contributed by atoms with Crippen molar-refractivity contribution in [3.8, 4) is 11.1 Å². The lowest BCUT2D eigenvalue weighted by Crippen LogP contribution is -2.40. The summed E-state index contributed by atoms with van der Waals surface area (Å²) in [6.07, 6.45) is 2.32. The van der Waals surface area contributed by atoms with Gasteiger partial charge < -0.3 is 4.90 Å². The Morgan fingerprint density at radius 1 is 0.933 bits per heavy atom. The Balaban J connectivity index is 1.43. The fraction of sp³-hybridized carbons (Fsp3) is 0.160. The number of aromatic nitrogens is 2. The van der Waals surface area contributed by atoms with Gasteiger partial charge in [-0.2, -0.15) is 0 Å². The summed E-state index contributed by atoms with van der Waals surface area (Å²) < 4.78 is 1.58. The van der Waals surface area contributed by atoms with Crippen molar-refractivity contribution < 1.29 is 4.79 Å². The molecule has 0 fully saturated rings. The van der Waals surface area contributed by atoms with Crippen LogP contribution in [-0.2, 0) is 13.0 Å². The van der Waals surface area contributed by atoms with Crippen LogP contribution < -0.4 is 5.56 Å². The zero-order chi connectivity index (χ0) is 20.7. The van der Waals surface area contributed by atoms with Gasteiger partial charge in [0.1, 0.15) is 5.65 Å². The molecule has 1 amide bonds. The highest BCUT2D eigenvalue weighted by atomic mass is 16.2. The molecule has 5 nitrogen and oxygen atoms in total. The summed E-state index contributed by atoms with van der Waals surface area (Å²) in [6, 6.07) is 21.5. The number of carbonyl (C=O) groups excluding carboxylic acids is 1. The van der Waals surface area contributed by atoms with Gasteiger partial charge in [-0.25, -0.2) is 4.98 Å². The minimum atomic E-state index is -0.0874. The number of rotatable bonds is 2. The number of nitrogens with zero attached hydrogens (tertiary/aromatic N) is 3. The third kappa shape index (κ3) is 3.08. The molecule has 0 radical (unpaired) electrons. The normalized spacial score (nSPS) is 13.3. The lowest BCUT2D eigenvalue weighted by molar-refractivity contribution is 0.0732. The highest BCUT2D eigenvalue weighted by Gasteiger charge is 2.26. The largest absolute Gasteiger partial charge is 0.334 e. The van der Waals surface area contributed by atoms with Crippen molar-refractivity contribution in [2.75, 3.05) is 6.54 Å². The topological polar surface area (TPSA) is 54.7 Å². The molecule has 4 aromatic rings. The number of hydrogen-bond donors (Lipinski definition) is 0. The van der Waals surface area contributed by atoms with E-state index in [9.17, 15) is 9.59 Å². The zero-order valence-corrected chi connectivity index (χ0v) is 16.7. The van der Waals surface area contributed by atoms with E-state index in [1.807, 2.05) is 73.7 Å². The first-order valence-electron chi connectivity index (χ1n) is 10.1. The second-order valence-corrected chi connectivity index (χ2v) is 7.65. The van der Waals surface area contributed by atoms with Crippen LogP contribution >= 0.6 is 0 Å². The van der Waals surface area contributed by atoms with Crippen molar-refractivity contribution in [1.82, 2.24) is 14.3 Å². The fourth-order valence-corrected chi connectivity index (χ4v) is 4.05. The van der Waals surface area contributed by atoms with Crippen LogP contribution in [0.25, 0.3) is 16.8 Å². The zero-order valence-electron chi connectivity index (χ0n) is 16.7. The lowest BCUT2D eigenvalue weighted by Gasteiger charge is -2.28. The van der Waals surface area contributed by atoms with Gasteiger partial charge in [0.25, 0.3) is 11.5 Å². The first-order chi connectivity index (χ1) is 14.6. The number of aryl methyl sites for hydroxylation is 1. The van der Waals surface area contributed by atoms with E-state index < -0.39 is 0 Å². The summed E-state index contributed by atoms with van der Waals surface area (Å²) in [4.78, 5) is 32.6. The molecule has 148 valence electrons. The SMILES string of the molecule is Cc1cccn2c(=O)c3c(nc12)CCN(C(=O)c1ccc(-c2ccccc2)cc1)C3. The summed E-state index contributed by atoms with van der Waals surface area (Å²) in [7, 11) is 0. The second kappa shape index (κ2) is 7.26. The third-order valence-corrected chi connectivity index (χ3v) is 5.72. The molecule has 0 spiro atoms. The number of hydrogen-bond acceptors (Lipinski definition) is 3. The summed E-state index contributed by atoms with van der Waals surface area (Å²) in [5.74, 6) is -0.0611. The standard InChI is InChI=1S/C25H21N3O2/c1-17-6-5-14-28-23(17)26-22-13-15-27(16-21(22)25(28)30)24(29)20-11-9-19(10-12-20)18-7-3-2-4-8-18/h2-12,14H,13,15-16H2,1H3. The maximum atomic E-state index is 13.1. The Hall–Kier alpha value is -3.73. The number of carbonyl (C=O) groups is 1. The Kier molecular flexibility index (Phi) is 4.43. The van der Waals surface area contributed by atoms with Gasteiger partial charge >= 0.3 is 0 Å². The minimum absolute atomic E-state index is 0.0611. The van der Waals surface area contributed by atoms with E-state index in [1.54, 1.807) is 15.5 Å². The van der Waals surface area contributed by atoms with E-state index in [4.69, 9.17) is 4.98 Å². The highest BCUT2D eigenvalue weighted by molar-refractivity contribution is 5.94. The van der Waals surface area contributed by atoms with Crippen LogP contribution in [0, 0.1) is 6.92 Å². The van der Waals surface area contributed by atoms with Gasteiger partial charge in [-0.05, 0) is 41.8 Å². The van der Waals surface area contributed by atoms with Crippen LogP contribution in [0.3, 0.4) is 0 Å². The van der Waals surface area contributed by atoms with Gasteiger partial charge in [-0.3, -0.25) is 14.0 Å².